The molecule has 0 saturated carbocycles. The highest BCUT2D eigenvalue weighted by Crippen LogP contribution is 2.31. The monoisotopic (exact) mass is 449 g/mol. The average Bonchev–Trinajstić information content (AvgIpc) is 3.13. The van der Waals surface area contributed by atoms with Gasteiger partial charge in [-0.2, -0.15) is 0 Å². The molecule has 0 unspecified atom stereocenters. The highest BCUT2D eigenvalue weighted by atomic mass is 32.1. The molecular weight excluding hydrogens is 422 g/mol. The molecule has 8 heteroatoms. The molecule has 2 aliphatic heterocycles. The topological polar surface area (TPSA) is 68.8 Å². The number of piperazine rings is 1. The lowest BCUT2D eigenvalue weighted by Gasteiger charge is -2.36. The van der Waals surface area contributed by atoms with Crippen LogP contribution in [0, 0.1) is 0 Å². The van der Waals surface area contributed by atoms with E-state index in [2.05, 4.69) is 33.3 Å². The molecule has 3 heterocycles. The molecule has 1 atom stereocenters. The van der Waals surface area contributed by atoms with Crippen LogP contribution >= 0.6 is 11.3 Å². The summed E-state index contributed by atoms with van der Waals surface area (Å²) in [5, 5.41) is 4.06. The number of thiazole rings is 1. The largest absolute Gasteiger partial charge is 0.324 e. The van der Waals surface area contributed by atoms with E-state index in [9.17, 15) is 9.59 Å². The number of hydrogen-bond donors (Lipinski definition) is 1. The second kappa shape index (κ2) is 8.97. The van der Waals surface area contributed by atoms with E-state index >= 15 is 0 Å². The summed E-state index contributed by atoms with van der Waals surface area (Å²) in [5.74, 6) is -0.00946. The van der Waals surface area contributed by atoms with Gasteiger partial charge < -0.3 is 10.2 Å². The average molecular weight is 450 g/mol. The highest BCUT2D eigenvalue weighted by molar-refractivity contribution is 7.18. The van der Waals surface area contributed by atoms with E-state index in [-0.39, 0.29) is 17.9 Å². The van der Waals surface area contributed by atoms with E-state index in [0.29, 0.717) is 18.7 Å². The smallest absolute Gasteiger partial charge is 0.241 e. The van der Waals surface area contributed by atoms with Gasteiger partial charge in [0.15, 0.2) is 0 Å². The Morgan fingerprint density at radius 3 is 2.59 bits per heavy atom. The fourth-order valence-electron chi connectivity index (χ4n) is 4.52. The van der Waals surface area contributed by atoms with Crippen LogP contribution < -0.4 is 10.2 Å². The van der Waals surface area contributed by atoms with Gasteiger partial charge in [0.05, 0.1) is 34.7 Å². The number of hydrogen-bond acceptors (Lipinski definition) is 6. The van der Waals surface area contributed by atoms with Crippen molar-refractivity contribution in [2.45, 2.75) is 25.9 Å². The fraction of sp³-hybridized carbons (Fsp3) is 0.375. The summed E-state index contributed by atoms with van der Waals surface area (Å²) in [4.78, 5) is 36.6. The number of fused-ring (bicyclic) bond motifs is 2. The summed E-state index contributed by atoms with van der Waals surface area (Å²) in [7, 11) is 0. The van der Waals surface area contributed by atoms with Gasteiger partial charge in [-0.3, -0.25) is 19.4 Å². The maximum absolute atomic E-state index is 13.3. The van der Waals surface area contributed by atoms with Gasteiger partial charge in [0.25, 0.3) is 0 Å². The van der Waals surface area contributed by atoms with Gasteiger partial charge in [0.2, 0.25) is 11.8 Å². The summed E-state index contributed by atoms with van der Waals surface area (Å²) in [6.45, 7) is 6.67. The number of rotatable bonds is 4. The van der Waals surface area contributed by atoms with Crippen molar-refractivity contribution in [3.05, 3.63) is 53.5 Å². The molecule has 0 spiro atoms. The quantitative estimate of drug-likeness (QED) is 0.663. The van der Waals surface area contributed by atoms with Crippen LogP contribution in [0.15, 0.2) is 48.5 Å². The Bertz CT molecular complexity index is 1110. The van der Waals surface area contributed by atoms with Crippen molar-refractivity contribution in [3.63, 3.8) is 0 Å². The summed E-state index contributed by atoms with van der Waals surface area (Å²) >= 11 is 1.76. The lowest BCUT2D eigenvalue weighted by molar-refractivity contribution is -0.120. The molecule has 1 fully saturated rings. The zero-order chi connectivity index (χ0) is 22.1. The van der Waals surface area contributed by atoms with Crippen LogP contribution in [-0.4, -0.2) is 65.4 Å². The molecule has 2 aliphatic rings. The maximum Gasteiger partial charge on any atom is 0.241 e. The van der Waals surface area contributed by atoms with E-state index in [1.165, 1.54) is 4.70 Å². The summed E-state index contributed by atoms with van der Waals surface area (Å²) < 4.78 is 1.23. The molecule has 0 bridgehead atoms. The second-order valence-corrected chi connectivity index (χ2v) is 9.63. The Labute approximate surface area is 191 Å². The molecule has 2 amide bonds. The third-order valence-electron chi connectivity index (χ3n) is 6.15. The molecule has 0 aliphatic carbocycles. The second-order valence-electron chi connectivity index (χ2n) is 8.51. The van der Waals surface area contributed by atoms with Gasteiger partial charge in [-0.05, 0) is 31.2 Å². The van der Waals surface area contributed by atoms with E-state index in [0.717, 1.165) is 48.9 Å². The molecule has 1 saturated heterocycles. The van der Waals surface area contributed by atoms with Crippen LogP contribution in [0.3, 0.4) is 0 Å². The number of para-hydroxylation sites is 3. The molecule has 3 aromatic rings. The van der Waals surface area contributed by atoms with E-state index in [4.69, 9.17) is 4.98 Å². The molecule has 1 aromatic heterocycles. The lowest BCUT2D eigenvalue weighted by atomic mass is 10.1. The van der Waals surface area contributed by atoms with Gasteiger partial charge in [0, 0.05) is 38.6 Å². The van der Waals surface area contributed by atoms with Crippen LogP contribution in [0.25, 0.3) is 10.2 Å². The number of nitrogens with one attached hydrogen (secondary N) is 1. The molecule has 7 nitrogen and oxygen atoms in total. The summed E-state index contributed by atoms with van der Waals surface area (Å²) in [6.07, 6.45) is 0.302. The van der Waals surface area contributed by atoms with Crippen molar-refractivity contribution < 1.29 is 9.59 Å². The van der Waals surface area contributed by atoms with E-state index in [1.54, 1.807) is 16.2 Å². The van der Waals surface area contributed by atoms with Gasteiger partial charge in [-0.1, -0.05) is 24.3 Å². The Balaban J connectivity index is 1.20. The molecular formula is C24H27N5O2S. The van der Waals surface area contributed by atoms with E-state index < -0.39 is 0 Å². The first-order valence-electron chi connectivity index (χ1n) is 11.1. The fourth-order valence-corrected chi connectivity index (χ4v) is 5.53. The first kappa shape index (κ1) is 21.1. The zero-order valence-corrected chi connectivity index (χ0v) is 19.0. The molecule has 2 aromatic carbocycles. The minimum absolute atomic E-state index is 0.0427. The van der Waals surface area contributed by atoms with Gasteiger partial charge in [-0.15, -0.1) is 11.3 Å². The summed E-state index contributed by atoms with van der Waals surface area (Å²) in [5.41, 5.74) is 2.55. The van der Waals surface area contributed by atoms with Gasteiger partial charge in [0.1, 0.15) is 5.01 Å². The Hall–Kier alpha value is -2.81. The first-order valence-corrected chi connectivity index (χ1v) is 11.9. The zero-order valence-electron chi connectivity index (χ0n) is 18.2. The minimum Gasteiger partial charge on any atom is -0.324 e. The highest BCUT2D eigenvalue weighted by Gasteiger charge is 2.31. The Morgan fingerprint density at radius 2 is 1.78 bits per heavy atom. The molecule has 0 radical (unpaired) electrons. The van der Waals surface area contributed by atoms with Crippen molar-refractivity contribution in [1.29, 1.82) is 0 Å². The SMILES string of the molecule is C[C@H]1CC(=O)Nc2ccccc2N1C(=O)CN1CCN(Cc2nc3ccccc3s2)CC1. The number of amides is 2. The van der Waals surface area contributed by atoms with Crippen molar-refractivity contribution in [3.8, 4) is 0 Å². The third kappa shape index (κ3) is 4.39. The van der Waals surface area contributed by atoms with Crippen LogP contribution in [-0.2, 0) is 16.1 Å². The maximum atomic E-state index is 13.3. The molecule has 166 valence electrons. The van der Waals surface area contributed by atoms with Gasteiger partial charge in [-0.25, -0.2) is 4.98 Å². The van der Waals surface area contributed by atoms with Crippen molar-refractivity contribution in [2.75, 3.05) is 42.9 Å². The third-order valence-corrected chi connectivity index (χ3v) is 7.17. The predicted octanol–water partition coefficient (Wildman–Crippen LogP) is 3.18. The minimum atomic E-state index is -0.175. The van der Waals surface area contributed by atoms with Crippen LogP contribution in [0.1, 0.15) is 18.4 Å². The number of benzene rings is 2. The first-order chi connectivity index (χ1) is 15.6. The lowest BCUT2D eigenvalue weighted by Crippen LogP contribution is -2.51. The molecule has 32 heavy (non-hydrogen) atoms. The number of aromatic nitrogens is 1. The molecule has 1 N–H and O–H groups in total. The normalized spacial score (nSPS) is 20.1. The van der Waals surface area contributed by atoms with Crippen LogP contribution in [0.4, 0.5) is 11.4 Å². The Morgan fingerprint density at radius 1 is 1.06 bits per heavy atom. The van der Waals surface area contributed by atoms with Gasteiger partial charge >= 0.3 is 0 Å². The number of anilines is 2. The summed E-state index contributed by atoms with van der Waals surface area (Å²) in [6, 6.07) is 15.6. The Kier molecular flexibility index (Phi) is 5.91. The van der Waals surface area contributed by atoms with Crippen molar-refractivity contribution >= 4 is 44.7 Å². The molecule has 5 rings (SSSR count). The number of carbonyl (C=O) groups is 2. The number of nitrogens with zero attached hydrogens (tertiary/aromatic N) is 4. The van der Waals surface area contributed by atoms with Crippen molar-refractivity contribution in [2.24, 2.45) is 0 Å². The predicted molar refractivity (Wildman–Crippen MR) is 128 cm³/mol. The van der Waals surface area contributed by atoms with E-state index in [1.807, 2.05) is 37.3 Å². The van der Waals surface area contributed by atoms with Crippen LogP contribution in [0.5, 0.6) is 0 Å². The standard InChI is InChI=1S/C24H27N5O2S/c1-17-14-22(30)25-18-6-2-4-8-20(18)29(17)24(31)16-28-12-10-27(11-13-28)15-23-26-19-7-3-5-9-21(19)32-23/h2-9,17H,10-16H2,1H3,(H,25,30)/t17-/m0/s1. The van der Waals surface area contributed by atoms with Crippen molar-refractivity contribution in [1.82, 2.24) is 14.8 Å². The number of carbonyl (C=O) groups excluding carboxylic acids is 2. The van der Waals surface area contributed by atoms with Crippen LogP contribution in [0.2, 0.25) is 0 Å².